The van der Waals surface area contributed by atoms with Crippen LogP contribution < -0.4 is 16.2 Å². The normalized spacial score (nSPS) is 9.47. The van der Waals surface area contributed by atoms with E-state index in [9.17, 15) is 4.79 Å². The molecule has 2 amide bonds. The Morgan fingerprint density at radius 3 is 2.53 bits per heavy atom. The zero-order valence-corrected chi connectivity index (χ0v) is 9.13. The van der Waals surface area contributed by atoms with Crippen LogP contribution in [0.5, 0.6) is 0 Å². The lowest BCUT2D eigenvalue weighted by atomic mass is 10.2. The van der Waals surface area contributed by atoms with Gasteiger partial charge >= 0.3 is 6.03 Å². The van der Waals surface area contributed by atoms with Gasteiger partial charge in [0.05, 0.1) is 5.69 Å². The summed E-state index contributed by atoms with van der Waals surface area (Å²) < 4.78 is 0. The molecule has 0 aliphatic heterocycles. The van der Waals surface area contributed by atoms with Gasteiger partial charge in [-0.2, -0.15) is 0 Å². The summed E-state index contributed by atoms with van der Waals surface area (Å²) in [4.78, 5) is 11.2. The molecule has 0 heterocycles. The molecule has 0 atom stereocenters. The molecule has 0 aromatic heterocycles. The van der Waals surface area contributed by atoms with Crippen molar-refractivity contribution < 1.29 is 4.79 Å². The van der Waals surface area contributed by atoms with Gasteiger partial charge in [0.15, 0.2) is 0 Å². The molecule has 4 heteroatoms. The van der Waals surface area contributed by atoms with E-state index in [1.165, 1.54) is 5.56 Å². The molecule has 0 saturated carbocycles. The van der Waals surface area contributed by atoms with E-state index in [0.717, 1.165) is 12.1 Å². The van der Waals surface area contributed by atoms with Crippen molar-refractivity contribution in [3.8, 4) is 0 Å². The van der Waals surface area contributed by atoms with Crippen LogP contribution in [0.4, 0.5) is 10.5 Å². The smallest absolute Gasteiger partial charge is 0.333 e. The SMILES string of the molecule is CCCNC(=O)NNc1ccc(C)cc1. The lowest BCUT2D eigenvalue weighted by Crippen LogP contribution is -2.39. The van der Waals surface area contributed by atoms with Crippen LogP contribution in [-0.4, -0.2) is 12.6 Å². The second-order valence-electron chi connectivity index (χ2n) is 3.37. The molecular formula is C11H17N3O. The summed E-state index contributed by atoms with van der Waals surface area (Å²) in [5.74, 6) is 0. The molecule has 0 unspecified atom stereocenters. The third-order valence-electron chi connectivity index (χ3n) is 1.91. The first-order chi connectivity index (χ1) is 7.22. The summed E-state index contributed by atoms with van der Waals surface area (Å²) in [6, 6.07) is 7.57. The number of amides is 2. The molecule has 0 aliphatic carbocycles. The van der Waals surface area contributed by atoms with Gasteiger partial charge in [0.2, 0.25) is 0 Å². The second-order valence-corrected chi connectivity index (χ2v) is 3.37. The minimum Gasteiger partial charge on any atom is -0.337 e. The Hall–Kier alpha value is -1.71. The Morgan fingerprint density at radius 1 is 1.27 bits per heavy atom. The number of nitrogens with one attached hydrogen (secondary N) is 3. The average Bonchev–Trinajstić information content (AvgIpc) is 2.25. The number of carbonyl (C=O) groups is 1. The first-order valence-corrected chi connectivity index (χ1v) is 5.09. The summed E-state index contributed by atoms with van der Waals surface area (Å²) in [5.41, 5.74) is 7.43. The fourth-order valence-electron chi connectivity index (χ4n) is 1.05. The zero-order chi connectivity index (χ0) is 11.1. The Labute approximate surface area is 90.0 Å². The Bertz CT molecular complexity index is 308. The van der Waals surface area contributed by atoms with Crippen molar-refractivity contribution in [1.29, 1.82) is 0 Å². The van der Waals surface area contributed by atoms with Crippen LogP contribution in [0.1, 0.15) is 18.9 Å². The fraction of sp³-hybridized carbons (Fsp3) is 0.364. The van der Waals surface area contributed by atoms with Crippen LogP contribution in [0.15, 0.2) is 24.3 Å². The van der Waals surface area contributed by atoms with Crippen molar-refractivity contribution >= 4 is 11.7 Å². The molecule has 0 spiro atoms. The van der Waals surface area contributed by atoms with E-state index in [1.54, 1.807) is 0 Å². The van der Waals surface area contributed by atoms with Gasteiger partial charge in [-0.3, -0.25) is 10.9 Å². The molecule has 0 bridgehead atoms. The molecule has 1 rings (SSSR count). The summed E-state index contributed by atoms with van der Waals surface area (Å²) in [6.45, 7) is 4.71. The number of urea groups is 1. The predicted molar refractivity (Wildman–Crippen MR) is 61.6 cm³/mol. The zero-order valence-electron chi connectivity index (χ0n) is 9.13. The van der Waals surface area contributed by atoms with Crippen molar-refractivity contribution in [2.24, 2.45) is 0 Å². The van der Waals surface area contributed by atoms with Gasteiger partial charge in [-0.15, -0.1) is 0 Å². The molecule has 0 radical (unpaired) electrons. The third kappa shape index (κ3) is 4.35. The average molecular weight is 207 g/mol. The summed E-state index contributed by atoms with van der Waals surface area (Å²) >= 11 is 0. The van der Waals surface area contributed by atoms with Gasteiger partial charge in [0.25, 0.3) is 0 Å². The van der Waals surface area contributed by atoms with Crippen LogP contribution in [0.25, 0.3) is 0 Å². The highest BCUT2D eigenvalue weighted by atomic mass is 16.2. The molecule has 0 saturated heterocycles. The Balaban J connectivity index is 2.30. The van der Waals surface area contributed by atoms with E-state index in [4.69, 9.17) is 0 Å². The molecule has 82 valence electrons. The van der Waals surface area contributed by atoms with Crippen molar-refractivity contribution in [2.45, 2.75) is 20.3 Å². The van der Waals surface area contributed by atoms with Crippen LogP contribution in [0.2, 0.25) is 0 Å². The van der Waals surface area contributed by atoms with Crippen LogP contribution in [-0.2, 0) is 0 Å². The number of rotatable bonds is 4. The molecule has 0 aliphatic rings. The molecule has 1 aromatic rings. The van der Waals surface area contributed by atoms with Crippen LogP contribution in [0.3, 0.4) is 0 Å². The standard InChI is InChI=1S/C11H17N3O/c1-3-8-12-11(15)14-13-10-6-4-9(2)5-7-10/h4-7,13H,3,8H2,1-2H3,(H2,12,14,15). The third-order valence-corrected chi connectivity index (χ3v) is 1.91. The van der Waals surface area contributed by atoms with E-state index < -0.39 is 0 Å². The highest BCUT2D eigenvalue weighted by Gasteiger charge is 1.96. The topological polar surface area (TPSA) is 53.2 Å². The lowest BCUT2D eigenvalue weighted by molar-refractivity contribution is 0.243. The minimum atomic E-state index is -0.211. The number of carbonyl (C=O) groups excluding carboxylic acids is 1. The Kier molecular flexibility index (Phi) is 4.47. The number of hydrogen-bond donors (Lipinski definition) is 3. The number of hydrogen-bond acceptors (Lipinski definition) is 2. The molecule has 1 aromatic carbocycles. The molecule has 3 N–H and O–H groups in total. The number of anilines is 1. The molecule has 15 heavy (non-hydrogen) atoms. The van der Waals surface area contributed by atoms with Gasteiger partial charge < -0.3 is 5.32 Å². The molecule has 0 fully saturated rings. The summed E-state index contributed by atoms with van der Waals surface area (Å²) in [7, 11) is 0. The van der Waals surface area contributed by atoms with Gasteiger partial charge in [-0.1, -0.05) is 24.6 Å². The van der Waals surface area contributed by atoms with Crippen molar-refractivity contribution in [1.82, 2.24) is 10.7 Å². The highest BCUT2D eigenvalue weighted by Crippen LogP contribution is 2.06. The quantitative estimate of drug-likeness (QED) is 0.662. The van der Waals surface area contributed by atoms with Crippen molar-refractivity contribution in [2.75, 3.05) is 12.0 Å². The summed E-state index contributed by atoms with van der Waals surface area (Å²) in [6.07, 6.45) is 0.929. The fourth-order valence-corrected chi connectivity index (χ4v) is 1.05. The maximum absolute atomic E-state index is 11.2. The van der Waals surface area contributed by atoms with E-state index in [0.29, 0.717) is 6.54 Å². The van der Waals surface area contributed by atoms with Gasteiger partial charge in [0.1, 0.15) is 0 Å². The van der Waals surface area contributed by atoms with Crippen LogP contribution >= 0.6 is 0 Å². The first kappa shape index (κ1) is 11.4. The highest BCUT2D eigenvalue weighted by molar-refractivity contribution is 5.75. The second kappa shape index (κ2) is 5.90. The first-order valence-electron chi connectivity index (χ1n) is 5.09. The summed E-state index contributed by atoms with van der Waals surface area (Å²) in [5, 5.41) is 2.70. The minimum absolute atomic E-state index is 0.211. The maximum atomic E-state index is 11.2. The van der Waals surface area contributed by atoms with E-state index >= 15 is 0 Å². The van der Waals surface area contributed by atoms with Crippen molar-refractivity contribution in [3.63, 3.8) is 0 Å². The van der Waals surface area contributed by atoms with E-state index in [1.807, 2.05) is 38.1 Å². The van der Waals surface area contributed by atoms with Gasteiger partial charge in [-0.05, 0) is 25.5 Å². The lowest BCUT2D eigenvalue weighted by Gasteiger charge is -2.09. The molecule has 4 nitrogen and oxygen atoms in total. The predicted octanol–water partition coefficient (Wildman–Crippen LogP) is 2.03. The van der Waals surface area contributed by atoms with E-state index in [2.05, 4.69) is 16.2 Å². The van der Waals surface area contributed by atoms with Crippen LogP contribution in [0, 0.1) is 6.92 Å². The van der Waals surface area contributed by atoms with E-state index in [-0.39, 0.29) is 6.03 Å². The number of aryl methyl sites for hydroxylation is 1. The molecular weight excluding hydrogens is 190 g/mol. The Morgan fingerprint density at radius 2 is 1.93 bits per heavy atom. The van der Waals surface area contributed by atoms with Gasteiger partial charge in [-0.25, -0.2) is 4.79 Å². The monoisotopic (exact) mass is 207 g/mol. The number of hydrazine groups is 1. The maximum Gasteiger partial charge on any atom is 0.333 e. The van der Waals surface area contributed by atoms with Crippen molar-refractivity contribution in [3.05, 3.63) is 29.8 Å². The largest absolute Gasteiger partial charge is 0.337 e. The van der Waals surface area contributed by atoms with Gasteiger partial charge in [0, 0.05) is 6.54 Å². The number of benzene rings is 1.